The average Bonchev–Trinajstić information content (AvgIpc) is 2.66. The lowest BCUT2D eigenvalue weighted by Crippen LogP contribution is -2.36. The van der Waals surface area contributed by atoms with Gasteiger partial charge in [-0.3, -0.25) is 9.59 Å². The maximum absolute atomic E-state index is 11.8. The molecule has 0 aliphatic heterocycles. The molecule has 0 aromatic carbocycles. The number of likely N-dealkylation sites (N-methyl/N-ethyl adjacent to an activating group) is 1. The molecule has 0 unspecified atom stereocenters. The minimum absolute atomic E-state index is 0.0133. The third-order valence-electron chi connectivity index (χ3n) is 2.39. The first-order valence-corrected chi connectivity index (χ1v) is 5.39. The Bertz CT molecular complexity index is 423. The van der Waals surface area contributed by atoms with Gasteiger partial charge in [0.2, 0.25) is 5.91 Å². The Hall–Kier alpha value is -1.98. The fourth-order valence-corrected chi connectivity index (χ4v) is 1.39. The number of hydrogen-bond donors (Lipinski definition) is 2. The molecule has 0 spiro atoms. The molecule has 0 atom stereocenters. The highest BCUT2D eigenvalue weighted by Gasteiger charge is 2.13. The molecule has 0 radical (unpaired) electrons. The number of carbonyl (C=O) groups excluding carboxylic acids is 2. The predicted octanol–water partition coefficient (Wildman–Crippen LogP) is -0.0918. The number of nitrogens with two attached hydrogens (primary N) is 1. The van der Waals surface area contributed by atoms with Crippen LogP contribution in [0, 0.1) is 0 Å². The van der Waals surface area contributed by atoms with Crippen molar-refractivity contribution in [2.24, 2.45) is 0 Å². The van der Waals surface area contributed by atoms with Crippen molar-refractivity contribution in [3.63, 3.8) is 0 Å². The minimum atomic E-state index is -0.293. The van der Waals surface area contributed by atoms with E-state index in [1.165, 1.54) is 4.90 Å². The van der Waals surface area contributed by atoms with Crippen LogP contribution in [0.15, 0.2) is 12.3 Å². The van der Waals surface area contributed by atoms with E-state index in [-0.39, 0.29) is 18.4 Å². The van der Waals surface area contributed by atoms with Crippen molar-refractivity contribution in [1.29, 1.82) is 0 Å². The number of anilines is 1. The maximum atomic E-state index is 11.8. The summed E-state index contributed by atoms with van der Waals surface area (Å²) in [4.78, 5) is 24.5. The van der Waals surface area contributed by atoms with E-state index in [4.69, 9.17) is 5.73 Å². The molecule has 0 aliphatic rings. The summed E-state index contributed by atoms with van der Waals surface area (Å²) in [6.07, 6.45) is 1.70. The highest BCUT2D eigenvalue weighted by atomic mass is 16.2. The highest BCUT2D eigenvalue weighted by Crippen LogP contribution is 2.10. The molecular weight excluding hydrogens is 220 g/mol. The molecule has 94 valence electrons. The summed E-state index contributed by atoms with van der Waals surface area (Å²) < 4.78 is 1.74. The van der Waals surface area contributed by atoms with Crippen LogP contribution in [-0.2, 0) is 11.3 Å². The van der Waals surface area contributed by atoms with Crippen LogP contribution in [-0.4, -0.2) is 41.9 Å². The van der Waals surface area contributed by atoms with Crippen molar-refractivity contribution in [3.8, 4) is 0 Å². The molecule has 0 aliphatic carbocycles. The van der Waals surface area contributed by atoms with Crippen molar-refractivity contribution in [2.75, 3.05) is 26.4 Å². The molecule has 6 heteroatoms. The van der Waals surface area contributed by atoms with Crippen LogP contribution in [0.25, 0.3) is 0 Å². The van der Waals surface area contributed by atoms with Gasteiger partial charge in [0.05, 0.1) is 12.2 Å². The van der Waals surface area contributed by atoms with Gasteiger partial charge in [0.15, 0.2) is 0 Å². The smallest absolute Gasteiger partial charge is 0.268 e. The molecule has 2 amide bonds. The van der Waals surface area contributed by atoms with Gasteiger partial charge in [-0.15, -0.1) is 0 Å². The van der Waals surface area contributed by atoms with E-state index in [1.807, 2.05) is 6.92 Å². The summed E-state index contributed by atoms with van der Waals surface area (Å²) >= 11 is 0. The molecule has 1 aromatic heterocycles. The van der Waals surface area contributed by atoms with Crippen molar-refractivity contribution >= 4 is 17.5 Å². The number of carbonyl (C=O) groups is 2. The highest BCUT2D eigenvalue weighted by molar-refractivity contribution is 5.96. The van der Waals surface area contributed by atoms with Gasteiger partial charge in [-0.25, -0.2) is 0 Å². The first-order chi connectivity index (χ1) is 7.95. The summed E-state index contributed by atoms with van der Waals surface area (Å²) in [6.45, 7) is 2.56. The lowest BCUT2D eigenvalue weighted by molar-refractivity contribution is -0.127. The Labute approximate surface area is 100 Å². The summed E-state index contributed by atoms with van der Waals surface area (Å²) in [7, 11) is 3.28. The largest absolute Gasteiger partial charge is 0.397 e. The lowest BCUT2D eigenvalue weighted by atomic mass is 10.3. The summed E-state index contributed by atoms with van der Waals surface area (Å²) in [5.74, 6) is -0.445. The fourth-order valence-electron chi connectivity index (χ4n) is 1.39. The van der Waals surface area contributed by atoms with Crippen LogP contribution in [0.2, 0.25) is 0 Å². The lowest BCUT2D eigenvalue weighted by Gasteiger charge is -2.11. The first-order valence-electron chi connectivity index (χ1n) is 5.39. The second-order valence-corrected chi connectivity index (χ2v) is 3.92. The molecule has 0 saturated heterocycles. The molecule has 1 rings (SSSR count). The summed E-state index contributed by atoms with van der Waals surface area (Å²) in [5.41, 5.74) is 6.63. The van der Waals surface area contributed by atoms with E-state index in [9.17, 15) is 9.59 Å². The summed E-state index contributed by atoms with van der Waals surface area (Å²) in [6, 6.07) is 1.60. The van der Waals surface area contributed by atoms with Gasteiger partial charge >= 0.3 is 0 Å². The zero-order chi connectivity index (χ0) is 13.0. The van der Waals surface area contributed by atoms with Crippen molar-refractivity contribution in [3.05, 3.63) is 18.0 Å². The number of aryl methyl sites for hydroxylation is 1. The standard InChI is InChI=1S/C11H18N4O2/c1-4-15-7-8(12)5-9(15)11(17)13-6-10(16)14(2)3/h5,7H,4,6,12H2,1-3H3,(H,13,17). The Morgan fingerprint density at radius 3 is 2.65 bits per heavy atom. The van der Waals surface area contributed by atoms with Crippen LogP contribution in [0.4, 0.5) is 5.69 Å². The van der Waals surface area contributed by atoms with Crippen LogP contribution in [0.1, 0.15) is 17.4 Å². The second-order valence-electron chi connectivity index (χ2n) is 3.92. The number of amides is 2. The van der Waals surface area contributed by atoms with Crippen molar-refractivity contribution < 1.29 is 9.59 Å². The number of nitrogen functional groups attached to an aromatic ring is 1. The van der Waals surface area contributed by atoms with E-state index in [0.717, 1.165) is 0 Å². The van der Waals surface area contributed by atoms with E-state index in [1.54, 1.807) is 30.9 Å². The average molecular weight is 238 g/mol. The van der Waals surface area contributed by atoms with Crippen LogP contribution in [0.3, 0.4) is 0 Å². The number of nitrogens with one attached hydrogen (secondary N) is 1. The predicted molar refractivity (Wildman–Crippen MR) is 65.5 cm³/mol. The zero-order valence-corrected chi connectivity index (χ0v) is 10.4. The topological polar surface area (TPSA) is 80.4 Å². The molecule has 0 bridgehead atoms. The van der Waals surface area contributed by atoms with E-state index in [0.29, 0.717) is 17.9 Å². The molecule has 17 heavy (non-hydrogen) atoms. The maximum Gasteiger partial charge on any atom is 0.268 e. The Kier molecular flexibility index (Phi) is 4.14. The van der Waals surface area contributed by atoms with E-state index in [2.05, 4.69) is 5.32 Å². The molecule has 0 saturated carbocycles. The normalized spacial score (nSPS) is 10.1. The second kappa shape index (κ2) is 5.38. The van der Waals surface area contributed by atoms with Gasteiger partial charge in [-0.1, -0.05) is 0 Å². The number of nitrogens with zero attached hydrogens (tertiary/aromatic N) is 2. The van der Waals surface area contributed by atoms with Crippen molar-refractivity contribution in [2.45, 2.75) is 13.5 Å². The zero-order valence-electron chi connectivity index (χ0n) is 10.4. The first kappa shape index (κ1) is 13.1. The van der Waals surface area contributed by atoms with Crippen LogP contribution < -0.4 is 11.1 Å². The molecule has 3 N–H and O–H groups in total. The van der Waals surface area contributed by atoms with Crippen LogP contribution >= 0.6 is 0 Å². The van der Waals surface area contributed by atoms with E-state index < -0.39 is 0 Å². The quantitative estimate of drug-likeness (QED) is 0.769. The molecule has 1 heterocycles. The third-order valence-corrected chi connectivity index (χ3v) is 2.39. The number of hydrogen-bond acceptors (Lipinski definition) is 3. The van der Waals surface area contributed by atoms with Gasteiger partial charge in [0.25, 0.3) is 5.91 Å². The molecular formula is C11H18N4O2. The van der Waals surface area contributed by atoms with Gasteiger partial charge < -0.3 is 20.5 Å². The number of aromatic nitrogens is 1. The van der Waals surface area contributed by atoms with Crippen molar-refractivity contribution in [1.82, 2.24) is 14.8 Å². The van der Waals surface area contributed by atoms with Crippen LogP contribution in [0.5, 0.6) is 0 Å². The molecule has 1 aromatic rings. The Morgan fingerprint density at radius 1 is 1.47 bits per heavy atom. The fraction of sp³-hybridized carbons (Fsp3) is 0.455. The van der Waals surface area contributed by atoms with Gasteiger partial charge in [0.1, 0.15) is 5.69 Å². The number of rotatable bonds is 4. The molecule has 6 nitrogen and oxygen atoms in total. The van der Waals surface area contributed by atoms with Gasteiger partial charge in [-0.2, -0.15) is 0 Å². The third kappa shape index (κ3) is 3.24. The molecule has 0 fully saturated rings. The SMILES string of the molecule is CCn1cc(N)cc1C(=O)NCC(=O)N(C)C. The van der Waals surface area contributed by atoms with E-state index >= 15 is 0 Å². The van der Waals surface area contributed by atoms with Gasteiger partial charge in [0, 0.05) is 26.8 Å². The Morgan fingerprint density at radius 2 is 2.12 bits per heavy atom. The monoisotopic (exact) mass is 238 g/mol. The summed E-state index contributed by atoms with van der Waals surface area (Å²) in [5, 5.41) is 2.56. The minimum Gasteiger partial charge on any atom is -0.397 e. The Balaban J connectivity index is 2.67. The van der Waals surface area contributed by atoms with Gasteiger partial charge in [-0.05, 0) is 13.0 Å².